The van der Waals surface area contributed by atoms with Crippen molar-refractivity contribution in [2.45, 2.75) is 12.5 Å². The molecule has 1 aromatic carbocycles. The first-order valence-electron chi connectivity index (χ1n) is 4.73. The summed E-state index contributed by atoms with van der Waals surface area (Å²) in [4.78, 5) is 0. The Hall–Kier alpha value is -1.28. The molecular formula is C12H17NO. The lowest BCUT2D eigenvalue weighted by atomic mass is 10.1. The zero-order chi connectivity index (χ0) is 10.4. The van der Waals surface area contributed by atoms with Gasteiger partial charge in [-0.2, -0.15) is 0 Å². The van der Waals surface area contributed by atoms with Gasteiger partial charge in [0.2, 0.25) is 0 Å². The second kappa shape index (κ2) is 5.45. The predicted octanol–water partition coefficient (Wildman–Crippen LogP) is 2.01. The van der Waals surface area contributed by atoms with Gasteiger partial charge in [-0.1, -0.05) is 18.2 Å². The number of hydrogen-bond donors (Lipinski definition) is 1. The van der Waals surface area contributed by atoms with Crippen molar-refractivity contribution in [2.75, 3.05) is 14.2 Å². The van der Waals surface area contributed by atoms with Crippen LogP contribution in [-0.4, -0.2) is 20.2 Å². The third-order valence-corrected chi connectivity index (χ3v) is 2.25. The minimum Gasteiger partial charge on any atom is -0.497 e. The largest absolute Gasteiger partial charge is 0.497 e. The summed E-state index contributed by atoms with van der Waals surface area (Å²) in [5.74, 6) is 0.904. The highest BCUT2D eigenvalue weighted by Gasteiger charge is 2.02. The number of hydrogen-bond acceptors (Lipinski definition) is 2. The van der Waals surface area contributed by atoms with E-state index in [1.54, 1.807) is 7.11 Å². The standard InChI is InChI=1S/C12H17NO/c1-4-11(13-2)8-10-6-5-7-12(9-10)14-3/h4-7,9,11,13H,1,8H2,2-3H3. The lowest BCUT2D eigenvalue weighted by molar-refractivity contribution is 0.414. The Morgan fingerprint density at radius 2 is 2.36 bits per heavy atom. The van der Waals surface area contributed by atoms with Crippen LogP contribution in [0.2, 0.25) is 0 Å². The maximum atomic E-state index is 5.16. The summed E-state index contributed by atoms with van der Waals surface area (Å²) < 4.78 is 5.16. The van der Waals surface area contributed by atoms with E-state index in [1.165, 1.54) is 5.56 Å². The van der Waals surface area contributed by atoms with E-state index in [0.29, 0.717) is 6.04 Å². The Kier molecular flexibility index (Phi) is 4.20. The van der Waals surface area contributed by atoms with Gasteiger partial charge in [-0.15, -0.1) is 6.58 Å². The number of methoxy groups -OCH3 is 1. The summed E-state index contributed by atoms with van der Waals surface area (Å²) in [5, 5.41) is 3.18. The fraction of sp³-hybridized carbons (Fsp3) is 0.333. The van der Waals surface area contributed by atoms with Crippen LogP contribution in [0.5, 0.6) is 5.75 Å². The van der Waals surface area contributed by atoms with E-state index in [0.717, 1.165) is 12.2 Å². The molecule has 1 aromatic rings. The maximum Gasteiger partial charge on any atom is 0.119 e. The Morgan fingerprint density at radius 3 is 2.93 bits per heavy atom. The first-order chi connectivity index (χ1) is 6.80. The van der Waals surface area contributed by atoms with Crippen LogP contribution in [0, 0.1) is 0 Å². The smallest absolute Gasteiger partial charge is 0.119 e. The molecule has 1 unspecified atom stereocenters. The summed E-state index contributed by atoms with van der Waals surface area (Å²) in [6.07, 6.45) is 2.86. The monoisotopic (exact) mass is 191 g/mol. The number of benzene rings is 1. The van der Waals surface area contributed by atoms with Crippen LogP contribution in [-0.2, 0) is 6.42 Å². The van der Waals surface area contributed by atoms with Crippen molar-refractivity contribution in [3.63, 3.8) is 0 Å². The third kappa shape index (κ3) is 2.89. The minimum atomic E-state index is 0.321. The van der Waals surface area contributed by atoms with Gasteiger partial charge >= 0.3 is 0 Å². The highest BCUT2D eigenvalue weighted by Crippen LogP contribution is 2.13. The Balaban J connectivity index is 2.70. The molecular weight excluding hydrogens is 174 g/mol. The van der Waals surface area contributed by atoms with E-state index in [4.69, 9.17) is 4.74 Å². The molecule has 0 aliphatic rings. The van der Waals surface area contributed by atoms with Crippen LogP contribution in [0.15, 0.2) is 36.9 Å². The van der Waals surface area contributed by atoms with Crippen LogP contribution in [0.3, 0.4) is 0 Å². The van der Waals surface area contributed by atoms with Gasteiger partial charge in [-0.05, 0) is 31.2 Å². The first kappa shape index (κ1) is 10.8. The zero-order valence-corrected chi connectivity index (χ0v) is 8.79. The quantitative estimate of drug-likeness (QED) is 0.719. The molecule has 0 bridgehead atoms. The van der Waals surface area contributed by atoms with Gasteiger partial charge in [-0.25, -0.2) is 0 Å². The maximum absolute atomic E-state index is 5.16. The first-order valence-corrected chi connectivity index (χ1v) is 4.73. The highest BCUT2D eigenvalue weighted by molar-refractivity contribution is 5.29. The molecule has 76 valence electrons. The molecule has 1 atom stereocenters. The fourth-order valence-electron chi connectivity index (χ4n) is 1.36. The van der Waals surface area contributed by atoms with Gasteiger partial charge in [0.05, 0.1) is 7.11 Å². The molecule has 2 heteroatoms. The van der Waals surface area contributed by atoms with E-state index >= 15 is 0 Å². The average Bonchev–Trinajstić information content (AvgIpc) is 2.26. The second-order valence-corrected chi connectivity index (χ2v) is 3.19. The zero-order valence-electron chi connectivity index (χ0n) is 8.79. The van der Waals surface area contributed by atoms with Crippen molar-refractivity contribution < 1.29 is 4.74 Å². The average molecular weight is 191 g/mol. The van der Waals surface area contributed by atoms with Crippen molar-refractivity contribution in [3.8, 4) is 5.75 Å². The summed E-state index contributed by atoms with van der Waals surface area (Å²) in [5.41, 5.74) is 1.25. The molecule has 0 radical (unpaired) electrons. The molecule has 0 amide bonds. The van der Waals surface area contributed by atoms with Crippen molar-refractivity contribution in [1.82, 2.24) is 5.32 Å². The predicted molar refractivity (Wildman–Crippen MR) is 59.7 cm³/mol. The molecule has 0 aliphatic carbocycles. The topological polar surface area (TPSA) is 21.3 Å². The van der Waals surface area contributed by atoms with Gasteiger partial charge in [-0.3, -0.25) is 0 Å². The molecule has 2 nitrogen and oxygen atoms in total. The van der Waals surface area contributed by atoms with Gasteiger partial charge in [0.15, 0.2) is 0 Å². The summed E-state index contributed by atoms with van der Waals surface area (Å²) >= 11 is 0. The number of rotatable bonds is 5. The molecule has 1 N–H and O–H groups in total. The summed E-state index contributed by atoms with van der Waals surface area (Å²) in [7, 11) is 3.62. The van der Waals surface area contributed by atoms with E-state index < -0.39 is 0 Å². The Morgan fingerprint density at radius 1 is 1.57 bits per heavy atom. The van der Waals surface area contributed by atoms with Crippen molar-refractivity contribution in [3.05, 3.63) is 42.5 Å². The highest BCUT2D eigenvalue weighted by atomic mass is 16.5. The molecule has 1 rings (SSSR count). The molecule has 0 spiro atoms. The van der Waals surface area contributed by atoms with Crippen molar-refractivity contribution >= 4 is 0 Å². The van der Waals surface area contributed by atoms with E-state index in [1.807, 2.05) is 31.3 Å². The normalized spacial score (nSPS) is 12.1. The third-order valence-electron chi connectivity index (χ3n) is 2.25. The van der Waals surface area contributed by atoms with Crippen molar-refractivity contribution in [2.24, 2.45) is 0 Å². The Labute approximate surface area is 85.6 Å². The van der Waals surface area contributed by atoms with Crippen LogP contribution < -0.4 is 10.1 Å². The van der Waals surface area contributed by atoms with Crippen molar-refractivity contribution in [1.29, 1.82) is 0 Å². The van der Waals surface area contributed by atoms with Crippen LogP contribution in [0.25, 0.3) is 0 Å². The molecule has 0 saturated carbocycles. The SMILES string of the molecule is C=CC(Cc1cccc(OC)c1)NC. The lowest BCUT2D eigenvalue weighted by Crippen LogP contribution is -2.24. The molecule has 0 aliphatic heterocycles. The summed E-state index contributed by atoms with van der Waals surface area (Å²) in [6.45, 7) is 3.78. The van der Waals surface area contributed by atoms with Gasteiger partial charge in [0, 0.05) is 6.04 Å². The van der Waals surface area contributed by atoms with E-state index in [2.05, 4.69) is 18.0 Å². The number of nitrogens with one attached hydrogen (secondary N) is 1. The minimum absolute atomic E-state index is 0.321. The molecule has 0 heterocycles. The second-order valence-electron chi connectivity index (χ2n) is 3.19. The molecule has 0 aromatic heterocycles. The van der Waals surface area contributed by atoms with Crippen LogP contribution >= 0.6 is 0 Å². The van der Waals surface area contributed by atoms with Gasteiger partial charge in [0.1, 0.15) is 5.75 Å². The summed E-state index contributed by atoms with van der Waals surface area (Å²) in [6, 6.07) is 8.42. The van der Waals surface area contributed by atoms with Gasteiger partial charge < -0.3 is 10.1 Å². The van der Waals surface area contributed by atoms with Crippen LogP contribution in [0.4, 0.5) is 0 Å². The Bertz CT molecular complexity index is 296. The molecule has 14 heavy (non-hydrogen) atoms. The molecule has 0 fully saturated rings. The van der Waals surface area contributed by atoms with E-state index in [9.17, 15) is 0 Å². The molecule has 0 saturated heterocycles. The van der Waals surface area contributed by atoms with E-state index in [-0.39, 0.29) is 0 Å². The van der Waals surface area contributed by atoms with Crippen LogP contribution in [0.1, 0.15) is 5.56 Å². The lowest BCUT2D eigenvalue weighted by Gasteiger charge is -2.11. The number of ether oxygens (including phenoxy) is 1. The van der Waals surface area contributed by atoms with Gasteiger partial charge in [0.25, 0.3) is 0 Å². The number of likely N-dealkylation sites (N-methyl/N-ethyl adjacent to an activating group) is 1. The fourth-order valence-corrected chi connectivity index (χ4v) is 1.36.